The lowest BCUT2D eigenvalue weighted by Gasteiger charge is -2.15. The molecule has 0 aliphatic rings. The zero-order valence-corrected chi connectivity index (χ0v) is 12.8. The van der Waals surface area contributed by atoms with Gasteiger partial charge in [0.2, 0.25) is 5.91 Å². The molecule has 0 aliphatic carbocycles. The van der Waals surface area contributed by atoms with Crippen molar-refractivity contribution < 1.29 is 22.7 Å². The van der Waals surface area contributed by atoms with Crippen molar-refractivity contribution in [3.8, 4) is 5.75 Å². The van der Waals surface area contributed by atoms with Crippen LogP contribution in [0.25, 0.3) is 0 Å². The van der Waals surface area contributed by atoms with E-state index >= 15 is 0 Å². The number of carbonyl (C=O) groups excluding carboxylic acids is 1. The summed E-state index contributed by atoms with van der Waals surface area (Å²) in [5, 5.41) is 6.11. The van der Waals surface area contributed by atoms with Gasteiger partial charge in [0.15, 0.2) is 5.69 Å². The Bertz CT molecular complexity index is 710. The third-order valence-electron chi connectivity index (χ3n) is 3.30. The van der Waals surface area contributed by atoms with E-state index in [1.807, 2.05) is 0 Å². The van der Waals surface area contributed by atoms with E-state index in [0.29, 0.717) is 11.4 Å². The normalized spacial score (nSPS) is 12.8. The number of carbonyl (C=O) groups is 1. The fourth-order valence-electron chi connectivity index (χ4n) is 2.08. The van der Waals surface area contributed by atoms with Crippen LogP contribution in [0.1, 0.15) is 24.4 Å². The predicted octanol–water partition coefficient (Wildman–Crippen LogP) is 3.42. The molecule has 1 atom stereocenters. The predicted molar refractivity (Wildman–Crippen MR) is 78.3 cm³/mol. The summed E-state index contributed by atoms with van der Waals surface area (Å²) >= 11 is 0. The maximum absolute atomic E-state index is 12.7. The lowest BCUT2D eigenvalue weighted by Crippen LogP contribution is -2.25. The Morgan fingerprint density at radius 3 is 2.61 bits per heavy atom. The monoisotopic (exact) mass is 327 g/mol. The van der Waals surface area contributed by atoms with E-state index in [0.717, 1.165) is 10.7 Å². The first-order valence-corrected chi connectivity index (χ1v) is 6.80. The van der Waals surface area contributed by atoms with Gasteiger partial charge in [-0.1, -0.05) is 6.07 Å². The summed E-state index contributed by atoms with van der Waals surface area (Å²) in [7, 11) is 1.50. The number of alkyl halides is 3. The van der Waals surface area contributed by atoms with Gasteiger partial charge in [0, 0.05) is 17.4 Å². The number of aromatic nitrogens is 2. The molecule has 2 rings (SSSR count). The van der Waals surface area contributed by atoms with Crippen LogP contribution in [-0.2, 0) is 11.0 Å². The Labute approximate surface area is 131 Å². The largest absolute Gasteiger partial charge is 0.497 e. The number of benzene rings is 1. The third kappa shape index (κ3) is 3.82. The number of methoxy groups -OCH3 is 1. The number of nitrogens with one attached hydrogen (secondary N) is 1. The van der Waals surface area contributed by atoms with Crippen LogP contribution in [0.15, 0.2) is 30.3 Å². The average Bonchev–Trinajstić information content (AvgIpc) is 2.88. The molecule has 5 nitrogen and oxygen atoms in total. The number of anilines is 1. The second-order valence-electron chi connectivity index (χ2n) is 5.01. The molecule has 0 radical (unpaired) electrons. The summed E-state index contributed by atoms with van der Waals surface area (Å²) < 4.78 is 44.2. The van der Waals surface area contributed by atoms with E-state index in [2.05, 4.69) is 10.4 Å². The second-order valence-corrected chi connectivity index (χ2v) is 5.01. The van der Waals surface area contributed by atoms with Crippen LogP contribution in [0.5, 0.6) is 5.75 Å². The van der Waals surface area contributed by atoms with Crippen molar-refractivity contribution in [2.45, 2.75) is 26.1 Å². The van der Waals surface area contributed by atoms with Crippen LogP contribution in [-0.4, -0.2) is 22.8 Å². The molecular weight excluding hydrogens is 311 g/mol. The van der Waals surface area contributed by atoms with Gasteiger partial charge in [-0.25, -0.2) is 0 Å². The summed E-state index contributed by atoms with van der Waals surface area (Å²) in [5.41, 5.74) is -0.274. The number of ether oxygens (including phenoxy) is 1. The van der Waals surface area contributed by atoms with Crippen LogP contribution in [0, 0.1) is 6.92 Å². The number of amides is 1. The lowest BCUT2D eigenvalue weighted by atomic mass is 10.2. The second kappa shape index (κ2) is 6.31. The Morgan fingerprint density at radius 2 is 2.04 bits per heavy atom. The minimum atomic E-state index is -4.54. The summed E-state index contributed by atoms with van der Waals surface area (Å²) in [6, 6.07) is 6.70. The van der Waals surface area contributed by atoms with Crippen LogP contribution in [0.2, 0.25) is 0 Å². The van der Waals surface area contributed by atoms with E-state index in [9.17, 15) is 18.0 Å². The fraction of sp³-hybridized carbons (Fsp3) is 0.333. The van der Waals surface area contributed by atoms with Gasteiger partial charge in [-0.3, -0.25) is 9.48 Å². The maximum atomic E-state index is 12.7. The van der Waals surface area contributed by atoms with Crippen molar-refractivity contribution in [3.05, 3.63) is 41.7 Å². The SMILES string of the molecule is COc1cccc(NC(=O)C(C)n2nc(C(F)(F)F)cc2C)c1. The molecule has 124 valence electrons. The van der Waals surface area contributed by atoms with Gasteiger partial charge in [-0.05, 0) is 32.0 Å². The van der Waals surface area contributed by atoms with E-state index < -0.39 is 23.8 Å². The van der Waals surface area contributed by atoms with E-state index in [1.165, 1.54) is 21.0 Å². The minimum absolute atomic E-state index is 0.255. The van der Waals surface area contributed by atoms with Gasteiger partial charge in [-0.15, -0.1) is 0 Å². The van der Waals surface area contributed by atoms with Crippen molar-refractivity contribution in [2.24, 2.45) is 0 Å². The first kappa shape index (κ1) is 16.9. The molecule has 1 aromatic heterocycles. The van der Waals surface area contributed by atoms with Crippen LogP contribution in [0.4, 0.5) is 18.9 Å². The molecule has 1 amide bonds. The highest BCUT2D eigenvalue weighted by Gasteiger charge is 2.35. The maximum Gasteiger partial charge on any atom is 0.435 e. The zero-order valence-electron chi connectivity index (χ0n) is 12.8. The highest BCUT2D eigenvalue weighted by atomic mass is 19.4. The zero-order chi connectivity index (χ0) is 17.2. The fourth-order valence-corrected chi connectivity index (χ4v) is 2.08. The number of nitrogens with zero attached hydrogens (tertiary/aromatic N) is 2. The van der Waals surface area contributed by atoms with Gasteiger partial charge in [0.25, 0.3) is 0 Å². The van der Waals surface area contributed by atoms with E-state index in [-0.39, 0.29) is 5.69 Å². The smallest absolute Gasteiger partial charge is 0.435 e. The van der Waals surface area contributed by atoms with Crippen LogP contribution < -0.4 is 10.1 Å². The Kier molecular flexibility index (Phi) is 4.63. The van der Waals surface area contributed by atoms with Crippen molar-refractivity contribution in [1.29, 1.82) is 0 Å². The average molecular weight is 327 g/mol. The molecule has 0 aliphatic heterocycles. The van der Waals surface area contributed by atoms with Gasteiger partial charge >= 0.3 is 6.18 Å². The molecule has 1 aromatic carbocycles. The molecule has 1 unspecified atom stereocenters. The van der Waals surface area contributed by atoms with Crippen LogP contribution in [0.3, 0.4) is 0 Å². The molecule has 2 aromatic rings. The highest BCUT2D eigenvalue weighted by molar-refractivity contribution is 5.93. The number of aryl methyl sites for hydroxylation is 1. The molecule has 1 N–H and O–H groups in total. The van der Waals surface area contributed by atoms with E-state index in [4.69, 9.17) is 4.74 Å². The number of hydrogen-bond donors (Lipinski definition) is 1. The topological polar surface area (TPSA) is 56.1 Å². The number of rotatable bonds is 4. The third-order valence-corrected chi connectivity index (χ3v) is 3.30. The van der Waals surface area contributed by atoms with Gasteiger partial charge in [0.05, 0.1) is 7.11 Å². The van der Waals surface area contributed by atoms with Gasteiger partial charge in [0.1, 0.15) is 11.8 Å². The van der Waals surface area contributed by atoms with E-state index in [1.54, 1.807) is 24.3 Å². The molecule has 0 bridgehead atoms. The minimum Gasteiger partial charge on any atom is -0.497 e. The first-order valence-electron chi connectivity index (χ1n) is 6.80. The van der Waals surface area contributed by atoms with Crippen LogP contribution >= 0.6 is 0 Å². The molecule has 23 heavy (non-hydrogen) atoms. The summed E-state index contributed by atoms with van der Waals surface area (Å²) in [6.45, 7) is 2.95. The molecule has 0 saturated carbocycles. The van der Waals surface area contributed by atoms with Crippen molar-refractivity contribution in [3.63, 3.8) is 0 Å². The number of hydrogen-bond acceptors (Lipinski definition) is 3. The molecular formula is C15H16F3N3O2. The standard InChI is InChI=1S/C15H16F3N3O2/c1-9-7-13(15(16,17)18)20-21(9)10(2)14(22)19-11-5-4-6-12(8-11)23-3/h4-8,10H,1-3H3,(H,19,22). The molecule has 1 heterocycles. The van der Waals surface area contributed by atoms with Crippen molar-refractivity contribution in [2.75, 3.05) is 12.4 Å². The van der Waals surface area contributed by atoms with Crippen molar-refractivity contribution in [1.82, 2.24) is 9.78 Å². The molecule has 0 fully saturated rings. The Hall–Kier alpha value is -2.51. The lowest BCUT2D eigenvalue weighted by molar-refractivity contribution is -0.141. The van der Waals surface area contributed by atoms with Gasteiger partial charge < -0.3 is 10.1 Å². The molecule has 0 saturated heterocycles. The Morgan fingerprint density at radius 1 is 1.35 bits per heavy atom. The summed E-state index contributed by atoms with van der Waals surface area (Å²) in [5.74, 6) is 0.0864. The quantitative estimate of drug-likeness (QED) is 0.936. The summed E-state index contributed by atoms with van der Waals surface area (Å²) in [4.78, 5) is 12.2. The molecule has 0 spiro atoms. The van der Waals surface area contributed by atoms with Gasteiger partial charge in [-0.2, -0.15) is 18.3 Å². The number of halogens is 3. The molecule has 8 heteroatoms. The highest BCUT2D eigenvalue weighted by Crippen LogP contribution is 2.29. The summed E-state index contributed by atoms with van der Waals surface area (Å²) in [6.07, 6.45) is -4.54. The van der Waals surface area contributed by atoms with Crippen molar-refractivity contribution >= 4 is 11.6 Å². The first-order chi connectivity index (χ1) is 10.7. The Balaban J connectivity index is 2.18.